The van der Waals surface area contributed by atoms with Crippen LogP contribution in [0.2, 0.25) is 0 Å². The molecule has 27 heavy (non-hydrogen) atoms. The number of nitrogens with zero attached hydrogens (tertiary/aromatic N) is 3. The Morgan fingerprint density at radius 1 is 1.11 bits per heavy atom. The van der Waals surface area contributed by atoms with Crippen LogP contribution in [0.5, 0.6) is 5.75 Å². The zero-order chi connectivity index (χ0) is 19.4. The lowest BCUT2D eigenvalue weighted by Gasteiger charge is -2.04. The lowest BCUT2D eigenvalue weighted by molar-refractivity contribution is 0.0696. The molecule has 0 atom stereocenters. The zero-order valence-electron chi connectivity index (χ0n) is 14.8. The SMILES string of the molecule is COc1ccccc1/C=C/C(=O)c1nnn(-c2ccc(C(=O)O)cc2)c1C. The molecule has 0 aliphatic rings. The van der Waals surface area contributed by atoms with Crippen LogP contribution < -0.4 is 4.74 Å². The van der Waals surface area contributed by atoms with Crippen LogP contribution in [-0.4, -0.2) is 39.0 Å². The monoisotopic (exact) mass is 363 g/mol. The summed E-state index contributed by atoms with van der Waals surface area (Å²) in [5.74, 6) is -0.624. The molecule has 7 nitrogen and oxygen atoms in total. The number of rotatable bonds is 6. The maximum Gasteiger partial charge on any atom is 0.335 e. The maximum absolute atomic E-state index is 12.5. The van der Waals surface area contributed by atoms with Crippen molar-refractivity contribution in [3.05, 3.63) is 77.1 Å². The van der Waals surface area contributed by atoms with E-state index in [9.17, 15) is 9.59 Å². The average molecular weight is 363 g/mol. The van der Waals surface area contributed by atoms with E-state index in [0.29, 0.717) is 17.1 Å². The van der Waals surface area contributed by atoms with Crippen LogP contribution in [0.25, 0.3) is 11.8 Å². The number of aromatic carboxylic acids is 1. The first-order valence-corrected chi connectivity index (χ1v) is 8.12. The minimum atomic E-state index is -1.01. The molecule has 3 rings (SSSR count). The van der Waals surface area contributed by atoms with Crippen LogP contribution in [0.4, 0.5) is 0 Å². The molecule has 0 saturated heterocycles. The Bertz CT molecular complexity index is 1020. The van der Waals surface area contributed by atoms with Crippen LogP contribution >= 0.6 is 0 Å². The summed E-state index contributed by atoms with van der Waals surface area (Å²) in [6.07, 6.45) is 3.09. The summed E-state index contributed by atoms with van der Waals surface area (Å²) in [6, 6.07) is 13.5. The van der Waals surface area contributed by atoms with Gasteiger partial charge in [0.05, 0.1) is 24.1 Å². The van der Waals surface area contributed by atoms with Gasteiger partial charge >= 0.3 is 5.97 Å². The van der Waals surface area contributed by atoms with E-state index in [1.807, 2.05) is 24.3 Å². The van der Waals surface area contributed by atoms with Crippen molar-refractivity contribution in [3.8, 4) is 11.4 Å². The molecule has 1 heterocycles. The van der Waals surface area contributed by atoms with Crippen molar-refractivity contribution in [1.82, 2.24) is 15.0 Å². The topological polar surface area (TPSA) is 94.3 Å². The molecule has 0 fully saturated rings. The van der Waals surface area contributed by atoms with Crippen molar-refractivity contribution in [2.75, 3.05) is 7.11 Å². The number of benzene rings is 2. The number of carboxylic acid groups (broad SMARTS) is 1. The van der Waals surface area contributed by atoms with Gasteiger partial charge in [-0.05, 0) is 49.4 Å². The average Bonchev–Trinajstić information content (AvgIpc) is 3.07. The molecule has 0 saturated carbocycles. The Morgan fingerprint density at radius 2 is 1.81 bits per heavy atom. The Labute approximate surface area is 155 Å². The molecule has 1 aromatic heterocycles. The van der Waals surface area contributed by atoms with Crippen molar-refractivity contribution in [1.29, 1.82) is 0 Å². The van der Waals surface area contributed by atoms with Gasteiger partial charge in [-0.3, -0.25) is 4.79 Å². The second-order valence-corrected chi connectivity index (χ2v) is 5.73. The molecule has 0 radical (unpaired) electrons. The first kappa shape index (κ1) is 18.1. The molecule has 0 spiro atoms. The maximum atomic E-state index is 12.5. The number of allylic oxidation sites excluding steroid dienone is 1. The van der Waals surface area contributed by atoms with Crippen molar-refractivity contribution in [2.24, 2.45) is 0 Å². The van der Waals surface area contributed by atoms with Crippen molar-refractivity contribution >= 4 is 17.8 Å². The van der Waals surface area contributed by atoms with Gasteiger partial charge in [-0.1, -0.05) is 23.4 Å². The molecule has 2 aromatic carbocycles. The van der Waals surface area contributed by atoms with Gasteiger partial charge < -0.3 is 9.84 Å². The van der Waals surface area contributed by atoms with E-state index in [4.69, 9.17) is 9.84 Å². The number of ketones is 1. The Hall–Kier alpha value is -3.74. The normalized spacial score (nSPS) is 10.9. The van der Waals surface area contributed by atoms with E-state index < -0.39 is 5.97 Å². The molecule has 3 aromatic rings. The highest BCUT2D eigenvalue weighted by Gasteiger charge is 2.15. The molecule has 7 heteroatoms. The van der Waals surface area contributed by atoms with Gasteiger partial charge in [0.2, 0.25) is 5.78 Å². The van der Waals surface area contributed by atoms with Gasteiger partial charge in [0.15, 0.2) is 5.69 Å². The number of carbonyl (C=O) groups excluding carboxylic acids is 1. The van der Waals surface area contributed by atoms with Crippen LogP contribution in [0, 0.1) is 6.92 Å². The van der Waals surface area contributed by atoms with Gasteiger partial charge in [0, 0.05) is 5.56 Å². The Kier molecular flexibility index (Phi) is 5.12. The van der Waals surface area contributed by atoms with E-state index in [-0.39, 0.29) is 17.0 Å². The third-order valence-electron chi connectivity index (χ3n) is 4.04. The molecular formula is C20H17N3O4. The van der Waals surface area contributed by atoms with Crippen molar-refractivity contribution < 1.29 is 19.4 Å². The Balaban J connectivity index is 1.85. The first-order chi connectivity index (χ1) is 13.0. The third kappa shape index (κ3) is 3.77. The molecule has 0 bridgehead atoms. The standard InChI is InChI=1S/C20H17N3O4/c1-13-19(17(24)12-9-14-5-3-4-6-18(14)27-2)21-22-23(13)16-10-7-15(8-11-16)20(25)26/h3-12H,1-2H3,(H,25,26)/b12-9+. The lowest BCUT2D eigenvalue weighted by Crippen LogP contribution is -2.03. The molecular weight excluding hydrogens is 346 g/mol. The molecule has 136 valence electrons. The van der Waals surface area contributed by atoms with Crippen LogP contribution in [0.1, 0.15) is 32.1 Å². The fourth-order valence-electron chi connectivity index (χ4n) is 2.60. The van der Waals surface area contributed by atoms with E-state index >= 15 is 0 Å². The number of para-hydroxylation sites is 1. The van der Waals surface area contributed by atoms with E-state index in [2.05, 4.69) is 10.3 Å². The predicted octanol–water partition coefficient (Wildman–Crippen LogP) is 3.18. The lowest BCUT2D eigenvalue weighted by atomic mass is 10.1. The summed E-state index contributed by atoms with van der Waals surface area (Å²) < 4.78 is 6.75. The summed E-state index contributed by atoms with van der Waals surface area (Å²) >= 11 is 0. The number of ether oxygens (including phenoxy) is 1. The number of aromatic nitrogens is 3. The summed E-state index contributed by atoms with van der Waals surface area (Å²) in [6.45, 7) is 1.73. The van der Waals surface area contributed by atoms with Gasteiger partial charge in [-0.25, -0.2) is 9.48 Å². The molecule has 0 aliphatic carbocycles. The van der Waals surface area contributed by atoms with Crippen molar-refractivity contribution in [2.45, 2.75) is 6.92 Å². The predicted molar refractivity (Wildman–Crippen MR) is 99.4 cm³/mol. The van der Waals surface area contributed by atoms with Crippen molar-refractivity contribution in [3.63, 3.8) is 0 Å². The van der Waals surface area contributed by atoms with Gasteiger partial charge in [0.1, 0.15) is 5.75 Å². The van der Waals surface area contributed by atoms with E-state index in [1.165, 1.54) is 22.9 Å². The number of carbonyl (C=O) groups is 2. The summed E-state index contributed by atoms with van der Waals surface area (Å²) in [5, 5.41) is 17.0. The largest absolute Gasteiger partial charge is 0.496 e. The smallest absolute Gasteiger partial charge is 0.335 e. The number of carboxylic acids is 1. The molecule has 0 aliphatic heterocycles. The minimum absolute atomic E-state index is 0.174. The van der Waals surface area contributed by atoms with Crippen LogP contribution in [-0.2, 0) is 0 Å². The van der Waals surface area contributed by atoms with E-state index in [0.717, 1.165) is 5.56 Å². The zero-order valence-corrected chi connectivity index (χ0v) is 14.8. The summed E-state index contributed by atoms with van der Waals surface area (Å²) in [7, 11) is 1.57. The molecule has 0 amide bonds. The molecule has 0 unspecified atom stereocenters. The molecule has 1 N–H and O–H groups in total. The highest BCUT2D eigenvalue weighted by Crippen LogP contribution is 2.19. The number of hydrogen-bond donors (Lipinski definition) is 1. The van der Waals surface area contributed by atoms with Crippen LogP contribution in [0.15, 0.2) is 54.6 Å². The fraction of sp³-hybridized carbons (Fsp3) is 0.100. The first-order valence-electron chi connectivity index (χ1n) is 8.12. The van der Waals surface area contributed by atoms with Gasteiger partial charge in [0.25, 0.3) is 0 Å². The quantitative estimate of drug-likeness (QED) is 0.534. The summed E-state index contributed by atoms with van der Waals surface area (Å²) in [4.78, 5) is 23.5. The highest BCUT2D eigenvalue weighted by molar-refractivity contribution is 6.06. The van der Waals surface area contributed by atoms with Gasteiger partial charge in [-0.15, -0.1) is 5.10 Å². The minimum Gasteiger partial charge on any atom is -0.496 e. The second-order valence-electron chi connectivity index (χ2n) is 5.73. The second kappa shape index (κ2) is 7.65. The highest BCUT2D eigenvalue weighted by atomic mass is 16.5. The Morgan fingerprint density at radius 3 is 2.48 bits per heavy atom. The van der Waals surface area contributed by atoms with E-state index in [1.54, 1.807) is 32.2 Å². The van der Waals surface area contributed by atoms with Crippen LogP contribution in [0.3, 0.4) is 0 Å². The third-order valence-corrected chi connectivity index (χ3v) is 4.04. The fourth-order valence-corrected chi connectivity index (χ4v) is 2.60. The van der Waals surface area contributed by atoms with Gasteiger partial charge in [-0.2, -0.15) is 0 Å². The number of hydrogen-bond acceptors (Lipinski definition) is 5. The number of methoxy groups -OCH3 is 1. The summed E-state index contributed by atoms with van der Waals surface area (Å²) in [5.41, 5.74) is 2.36.